The number of carbonyl (C=O) groups excluding carboxylic acids is 2. The van der Waals surface area contributed by atoms with Crippen LogP contribution in [0.1, 0.15) is 29.7 Å². The first-order valence-corrected chi connectivity index (χ1v) is 10.6. The zero-order chi connectivity index (χ0) is 23.4. The zero-order valence-electron chi connectivity index (χ0n) is 18.4. The van der Waals surface area contributed by atoms with Crippen LogP contribution < -0.4 is 9.47 Å². The summed E-state index contributed by atoms with van der Waals surface area (Å²) in [5.41, 5.74) is 1.80. The maximum atomic E-state index is 13.2. The van der Waals surface area contributed by atoms with Crippen LogP contribution in [0.5, 0.6) is 11.5 Å². The van der Waals surface area contributed by atoms with Crippen LogP contribution in [0.25, 0.3) is 5.76 Å². The number of pyridine rings is 1. The number of Topliss-reactive ketones (excluding diaryl/α,β-unsaturated/α-hetero) is 1. The molecule has 1 aromatic heterocycles. The van der Waals surface area contributed by atoms with Gasteiger partial charge in [-0.2, -0.15) is 0 Å². The van der Waals surface area contributed by atoms with Gasteiger partial charge in [0.15, 0.2) is 0 Å². The van der Waals surface area contributed by atoms with Crippen molar-refractivity contribution in [2.75, 3.05) is 13.7 Å². The maximum Gasteiger partial charge on any atom is 0.295 e. The maximum absolute atomic E-state index is 13.2. The standard InChI is InChI=1S/C26H24N2O5/c1-3-33-19-12-10-18(11-13-19)24(29)22-23(20-8-4-5-9-21(20)32-2)28(26(31)25(22)30)16-17-7-6-14-27-15-17/h4-15,23,29H,3,16H2,1-2H3/b24-22-. The summed E-state index contributed by atoms with van der Waals surface area (Å²) < 4.78 is 11.0. The second-order valence-electron chi connectivity index (χ2n) is 7.49. The van der Waals surface area contributed by atoms with Crippen molar-refractivity contribution >= 4 is 17.4 Å². The minimum atomic E-state index is -0.826. The summed E-state index contributed by atoms with van der Waals surface area (Å²) in [4.78, 5) is 31.9. The summed E-state index contributed by atoms with van der Waals surface area (Å²) in [7, 11) is 1.53. The average molecular weight is 444 g/mol. The van der Waals surface area contributed by atoms with Gasteiger partial charge in [-0.15, -0.1) is 0 Å². The number of aliphatic hydroxyl groups is 1. The minimum Gasteiger partial charge on any atom is -0.507 e. The van der Waals surface area contributed by atoms with Crippen LogP contribution in [0.2, 0.25) is 0 Å². The first kappa shape index (κ1) is 22.1. The second-order valence-corrected chi connectivity index (χ2v) is 7.49. The first-order chi connectivity index (χ1) is 16.0. The van der Waals surface area contributed by atoms with Crippen LogP contribution in [-0.4, -0.2) is 40.4 Å². The topological polar surface area (TPSA) is 89.0 Å². The summed E-state index contributed by atoms with van der Waals surface area (Å²) in [6, 6.07) is 16.7. The highest BCUT2D eigenvalue weighted by molar-refractivity contribution is 6.46. The molecule has 3 aromatic rings. The second kappa shape index (κ2) is 9.56. The molecule has 1 atom stereocenters. The van der Waals surface area contributed by atoms with Gasteiger partial charge in [-0.3, -0.25) is 14.6 Å². The fourth-order valence-electron chi connectivity index (χ4n) is 3.98. The lowest BCUT2D eigenvalue weighted by Gasteiger charge is -2.26. The van der Waals surface area contributed by atoms with Gasteiger partial charge in [0.05, 0.1) is 25.3 Å². The molecular weight excluding hydrogens is 420 g/mol. The SMILES string of the molecule is CCOc1ccc(/C(O)=C2/C(=O)C(=O)N(Cc3cccnc3)C2c2ccccc2OC)cc1. The minimum absolute atomic E-state index is 0.0116. The van der Waals surface area contributed by atoms with Crippen LogP contribution in [0.15, 0.2) is 78.6 Å². The number of aliphatic hydroxyl groups excluding tert-OH is 1. The van der Waals surface area contributed by atoms with Crippen molar-refractivity contribution in [3.63, 3.8) is 0 Å². The van der Waals surface area contributed by atoms with Crippen molar-refractivity contribution in [3.05, 3.63) is 95.3 Å². The van der Waals surface area contributed by atoms with E-state index in [0.717, 1.165) is 5.56 Å². The van der Waals surface area contributed by atoms with Gasteiger partial charge < -0.3 is 19.5 Å². The number of ether oxygens (including phenoxy) is 2. The predicted octanol–water partition coefficient (Wildman–Crippen LogP) is 4.11. The highest BCUT2D eigenvalue weighted by Gasteiger charge is 2.47. The molecule has 1 fully saturated rings. The molecule has 33 heavy (non-hydrogen) atoms. The Labute approximate surface area is 191 Å². The number of methoxy groups -OCH3 is 1. The summed E-state index contributed by atoms with van der Waals surface area (Å²) in [5.74, 6) is -0.532. The summed E-state index contributed by atoms with van der Waals surface area (Å²) in [5, 5.41) is 11.2. The molecule has 1 unspecified atom stereocenters. The Kier molecular flexibility index (Phi) is 6.40. The number of hydrogen-bond donors (Lipinski definition) is 1. The van der Waals surface area contributed by atoms with Crippen LogP contribution in [0.4, 0.5) is 0 Å². The summed E-state index contributed by atoms with van der Waals surface area (Å²) >= 11 is 0. The van der Waals surface area contributed by atoms with Crippen molar-refractivity contribution in [2.24, 2.45) is 0 Å². The van der Waals surface area contributed by atoms with E-state index in [1.165, 1.54) is 12.0 Å². The molecule has 2 heterocycles. The number of likely N-dealkylation sites (tertiary alicyclic amines) is 1. The van der Waals surface area contributed by atoms with Gasteiger partial charge in [0.1, 0.15) is 17.3 Å². The van der Waals surface area contributed by atoms with E-state index in [0.29, 0.717) is 29.2 Å². The van der Waals surface area contributed by atoms with Gasteiger partial charge in [-0.1, -0.05) is 24.3 Å². The van der Waals surface area contributed by atoms with E-state index in [-0.39, 0.29) is 17.9 Å². The molecule has 1 saturated heterocycles. The number of para-hydroxylation sites is 1. The third-order valence-corrected chi connectivity index (χ3v) is 5.49. The number of ketones is 1. The van der Waals surface area contributed by atoms with Gasteiger partial charge in [-0.25, -0.2) is 0 Å². The molecule has 0 aliphatic carbocycles. The van der Waals surface area contributed by atoms with Crippen molar-refractivity contribution in [1.82, 2.24) is 9.88 Å². The molecule has 7 heteroatoms. The quantitative estimate of drug-likeness (QED) is 0.335. The van der Waals surface area contributed by atoms with E-state index in [1.807, 2.05) is 19.1 Å². The van der Waals surface area contributed by atoms with Crippen LogP contribution in [-0.2, 0) is 16.1 Å². The van der Waals surface area contributed by atoms with E-state index >= 15 is 0 Å². The Bertz CT molecular complexity index is 1190. The van der Waals surface area contributed by atoms with E-state index in [4.69, 9.17) is 9.47 Å². The molecule has 168 valence electrons. The molecule has 7 nitrogen and oxygen atoms in total. The number of hydrogen-bond acceptors (Lipinski definition) is 6. The van der Waals surface area contributed by atoms with Gasteiger partial charge in [0.25, 0.3) is 11.7 Å². The average Bonchev–Trinajstić information content (AvgIpc) is 3.09. The number of carbonyl (C=O) groups is 2. The zero-order valence-corrected chi connectivity index (χ0v) is 18.4. The fourth-order valence-corrected chi connectivity index (χ4v) is 3.98. The highest BCUT2D eigenvalue weighted by Crippen LogP contribution is 2.43. The van der Waals surface area contributed by atoms with Crippen molar-refractivity contribution < 1.29 is 24.2 Å². The van der Waals surface area contributed by atoms with E-state index in [2.05, 4.69) is 4.98 Å². The summed E-state index contributed by atoms with van der Waals surface area (Å²) in [6.07, 6.45) is 3.28. The lowest BCUT2D eigenvalue weighted by Crippen LogP contribution is -2.29. The third kappa shape index (κ3) is 4.30. The predicted molar refractivity (Wildman–Crippen MR) is 123 cm³/mol. The smallest absolute Gasteiger partial charge is 0.295 e. The molecule has 0 radical (unpaired) electrons. The molecule has 0 spiro atoms. The number of benzene rings is 2. The van der Waals surface area contributed by atoms with Crippen molar-refractivity contribution in [3.8, 4) is 11.5 Å². The molecule has 1 N–H and O–H groups in total. The largest absolute Gasteiger partial charge is 0.507 e. The number of rotatable bonds is 7. The molecule has 0 saturated carbocycles. The van der Waals surface area contributed by atoms with E-state index < -0.39 is 17.7 Å². The molecule has 4 rings (SSSR count). The number of aromatic nitrogens is 1. The van der Waals surface area contributed by atoms with E-state index in [9.17, 15) is 14.7 Å². The molecule has 1 aliphatic heterocycles. The lowest BCUT2D eigenvalue weighted by atomic mass is 9.94. The monoisotopic (exact) mass is 444 g/mol. The summed E-state index contributed by atoms with van der Waals surface area (Å²) in [6.45, 7) is 2.55. The Morgan fingerprint density at radius 2 is 1.82 bits per heavy atom. The molecule has 0 bridgehead atoms. The fraction of sp³-hybridized carbons (Fsp3) is 0.192. The van der Waals surface area contributed by atoms with Crippen LogP contribution >= 0.6 is 0 Å². The Morgan fingerprint density at radius 1 is 1.06 bits per heavy atom. The van der Waals surface area contributed by atoms with Gasteiger partial charge >= 0.3 is 0 Å². The third-order valence-electron chi connectivity index (χ3n) is 5.49. The normalized spacial score (nSPS) is 17.3. The van der Waals surface area contributed by atoms with Crippen molar-refractivity contribution in [1.29, 1.82) is 0 Å². The van der Waals surface area contributed by atoms with Crippen molar-refractivity contribution in [2.45, 2.75) is 19.5 Å². The highest BCUT2D eigenvalue weighted by atomic mass is 16.5. The van der Waals surface area contributed by atoms with Gasteiger partial charge in [0.2, 0.25) is 0 Å². The Hall–Kier alpha value is -4.13. The molecule has 1 aliphatic rings. The van der Waals surface area contributed by atoms with Crippen LogP contribution in [0, 0.1) is 0 Å². The lowest BCUT2D eigenvalue weighted by molar-refractivity contribution is -0.140. The Morgan fingerprint density at radius 3 is 2.48 bits per heavy atom. The Balaban J connectivity index is 1.85. The first-order valence-electron chi connectivity index (χ1n) is 10.6. The number of amides is 1. The number of nitrogens with zero attached hydrogens (tertiary/aromatic N) is 2. The van der Waals surface area contributed by atoms with Gasteiger partial charge in [-0.05, 0) is 48.9 Å². The molecular formula is C26H24N2O5. The molecule has 2 aromatic carbocycles. The van der Waals surface area contributed by atoms with Gasteiger partial charge in [0, 0.05) is 30.1 Å². The van der Waals surface area contributed by atoms with Crippen LogP contribution in [0.3, 0.4) is 0 Å². The van der Waals surface area contributed by atoms with E-state index in [1.54, 1.807) is 60.9 Å². The molecule has 1 amide bonds.